The minimum absolute atomic E-state index is 0.0116. The van der Waals surface area contributed by atoms with Crippen LogP contribution in [0.25, 0.3) is 0 Å². The lowest BCUT2D eigenvalue weighted by Crippen LogP contribution is -2.33. The highest BCUT2D eigenvalue weighted by molar-refractivity contribution is 5.78. The zero-order chi connectivity index (χ0) is 16.7. The molecule has 128 valence electrons. The lowest BCUT2D eigenvalue weighted by atomic mass is 9.88. The van der Waals surface area contributed by atoms with Crippen LogP contribution in [0.4, 0.5) is 8.78 Å². The van der Waals surface area contributed by atoms with Gasteiger partial charge in [0.1, 0.15) is 0 Å². The second-order valence-electron chi connectivity index (χ2n) is 5.74. The minimum Gasteiger partial charge on any atom is -0.493 e. The highest BCUT2D eigenvalue weighted by Crippen LogP contribution is 2.29. The maximum atomic E-state index is 12.3. The van der Waals surface area contributed by atoms with Crippen LogP contribution in [0.15, 0.2) is 18.2 Å². The predicted octanol–water partition coefficient (Wildman–Crippen LogP) is 3.54. The summed E-state index contributed by atoms with van der Waals surface area (Å²) in [6, 6.07) is 4.82. The average Bonchev–Trinajstić information content (AvgIpc) is 2.56. The molecule has 0 saturated heterocycles. The molecule has 1 aliphatic rings. The monoisotopic (exact) mass is 327 g/mol. The molecule has 1 amide bonds. The Morgan fingerprint density at radius 2 is 2.00 bits per heavy atom. The van der Waals surface area contributed by atoms with Crippen molar-refractivity contribution in [2.45, 2.75) is 45.1 Å². The summed E-state index contributed by atoms with van der Waals surface area (Å²) in [6.07, 6.45) is 6.03. The van der Waals surface area contributed by atoms with Gasteiger partial charge in [-0.25, -0.2) is 0 Å². The standard InChI is InChI=1S/C17H23F2NO3/c1-22-15-11-12(7-8-14(15)23-17(18)19)9-10-20-16(21)13-5-3-2-4-6-13/h7-8,11,13,17H,2-6,9-10H2,1H3,(H,20,21). The lowest BCUT2D eigenvalue weighted by Gasteiger charge is -2.20. The van der Waals surface area contributed by atoms with Crippen molar-refractivity contribution in [2.75, 3.05) is 13.7 Å². The molecule has 0 aromatic heterocycles. The van der Waals surface area contributed by atoms with Crippen LogP contribution < -0.4 is 14.8 Å². The Labute approximate surface area is 135 Å². The van der Waals surface area contributed by atoms with Gasteiger partial charge in [0.15, 0.2) is 11.5 Å². The second kappa shape index (κ2) is 8.70. The number of nitrogens with one attached hydrogen (secondary N) is 1. The number of amides is 1. The Kier molecular flexibility index (Phi) is 6.62. The molecule has 2 rings (SSSR count). The first-order valence-electron chi connectivity index (χ1n) is 7.99. The number of halogens is 2. The van der Waals surface area contributed by atoms with Crippen LogP contribution in [0.3, 0.4) is 0 Å². The summed E-state index contributed by atoms with van der Waals surface area (Å²) in [4.78, 5) is 12.0. The van der Waals surface area contributed by atoms with E-state index in [-0.39, 0.29) is 23.3 Å². The van der Waals surface area contributed by atoms with Gasteiger partial charge < -0.3 is 14.8 Å². The first kappa shape index (κ1) is 17.5. The van der Waals surface area contributed by atoms with E-state index in [1.165, 1.54) is 19.6 Å². The molecule has 1 saturated carbocycles. The van der Waals surface area contributed by atoms with E-state index in [0.717, 1.165) is 31.2 Å². The van der Waals surface area contributed by atoms with Crippen molar-refractivity contribution in [2.24, 2.45) is 5.92 Å². The van der Waals surface area contributed by atoms with Gasteiger partial charge in [0.2, 0.25) is 5.91 Å². The molecule has 0 atom stereocenters. The number of hydrogen-bond donors (Lipinski definition) is 1. The molecule has 1 aromatic carbocycles. The Hall–Kier alpha value is -1.85. The smallest absolute Gasteiger partial charge is 0.387 e. The molecule has 0 bridgehead atoms. The molecular weight excluding hydrogens is 304 g/mol. The number of hydrogen-bond acceptors (Lipinski definition) is 3. The molecule has 23 heavy (non-hydrogen) atoms. The first-order chi connectivity index (χ1) is 11.1. The Morgan fingerprint density at radius 3 is 2.65 bits per heavy atom. The number of methoxy groups -OCH3 is 1. The van der Waals surface area contributed by atoms with E-state index in [2.05, 4.69) is 10.1 Å². The molecular formula is C17H23F2NO3. The fraction of sp³-hybridized carbons (Fsp3) is 0.588. The van der Waals surface area contributed by atoms with E-state index in [0.29, 0.717) is 13.0 Å². The van der Waals surface area contributed by atoms with Gasteiger partial charge in [0.25, 0.3) is 0 Å². The highest BCUT2D eigenvalue weighted by Gasteiger charge is 2.20. The third kappa shape index (κ3) is 5.37. The van der Waals surface area contributed by atoms with Crippen molar-refractivity contribution in [3.63, 3.8) is 0 Å². The molecule has 0 aliphatic heterocycles. The van der Waals surface area contributed by atoms with E-state index >= 15 is 0 Å². The molecule has 1 N–H and O–H groups in total. The average molecular weight is 327 g/mol. The quantitative estimate of drug-likeness (QED) is 0.833. The van der Waals surface area contributed by atoms with Crippen molar-refractivity contribution in [1.29, 1.82) is 0 Å². The SMILES string of the molecule is COc1cc(CCNC(=O)C2CCCCC2)ccc1OC(F)F. The van der Waals surface area contributed by atoms with Crippen LogP contribution in [0, 0.1) is 5.92 Å². The summed E-state index contributed by atoms with van der Waals surface area (Å²) in [5.74, 6) is 0.535. The lowest BCUT2D eigenvalue weighted by molar-refractivity contribution is -0.125. The summed E-state index contributed by atoms with van der Waals surface area (Å²) in [7, 11) is 1.41. The maximum Gasteiger partial charge on any atom is 0.387 e. The van der Waals surface area contributed by atoms with Gasteiger partial charge in [-0.05, 0) is 37.0 Å². The normalized spacial score (nSPS) is 15.5. The minimum atomic E-state index is -2.88. The number of carbonyl (C=O) groups excluding carboxylic acids is 1. The van der Waals surface area contributed by atoms with Gasteiger partial charge in [-0.1, -0.05) is 25.3 Å². The van der Waals surface area contributed by atoms with Crippen LogP contribution in [0.2, 0.25) is 0 Å². The predicted molar refractivity (Wildman–Crippen MR) is 82.9 cm³/mol. The van der Waals surface area contributed by atoms with Gasteiger partial charge in [0, 0.05) is 12.5 Å². The van der Waals surface area contributed by atoms with E-state index in [9.17, 15) is 13.6 Å². The van der Waals surface area contributed by atoms with E-state index in [4.69, 9.17) is 4.74 Å². The van der Waals surface area contributed by atoms with Gasteiger partial charge in [-0.15, -0.1) is 0 Å². The summed E-state index contributed by atoms with van der Waals surface area (Å²) in [6.45, 7) is -2.36. The van der Waals surface area contributed by atoms with Gasteiger partial charge in [-0.2, -0.15) is 8.78 Å². The maximum absolute atomic E-state index is 12.3. The van der Waals surface area contributed by atoms with Crippen LogP contribution >= 0.6 is 0 Å². The van der Waals surface area contributed by atoms with Crippen LogP contribution in [0.1, 0.15) is 37.7 Å². The fourth-order valence-corrected chi connectivity index (χ4v) is 2.90. The van der Waals surface area contributed by atoms with Crippen molar-refractivity contribution in [3.8, 4) is 11.5 Å². The molecule has 1 aromatic rings. The number of alkyl halides is 2. The summed E-state index contributed by atoms with van der Waals surface area (Å²) < 4.78 is 34.0. The van der Waals surface area contributed by atoms with Crippen molar-refractivity contribution >= 4 is 5.91 Å². The third-order valence-corrected chi connectivity index (χ3v) is 4.13. The van der Waals surface area contributed by atoms with Crippen molar-refractivity contribution < 1.29 is 23.0 Å². The summed E-state index contributed by atoms with van der Waals surface area (Å²) in [5, 5.41) is 2.95. The molecule has 0 radical (unpaired) electrons. The van der Waals surface area contributed by atoms with Crippen LogP contribution in [-0.4, -0.2) is 26.2 Å². The summed E-state index contributed by atoms with van der Waals surface area (Å²) >= 11 is 0. The van der Waals surface area contributed by atoms with Gasteiger partial charge >= 0.3 is 6.61 Å². The molecule has 1 aliphatic carbocycles. The molecule has 0 heterocycles. The van der Waals surface area contributed by atoms with Crippen LogP contribution in [0.5, 0.6) is 11.5 Å². The number of benzene rings is 1. The van der Waals surface area contributed by atoms with Crippen molar-refractivity contribution in [1.82, 2.24) is 5.32 Å². The number of rotatable bonds is 7. The van der Waals surface area contributed by atoms with Gasteiger partial charge in [0.05, 0.1) is 7.11 Å². The zero-order valence-corrected chi connectivity index (χ0v) is 13.3. The highest BCUT2D eigenvalue weighted by atomic mass is 19.3. The zero-order valence-electron chi connectivity index (χ0n) is 13.3. The Morgan fingerprint density at radius 1 is 1.26 bits per heavy atom. The van der Waals surface area contributed by atoms with E-state index in [1.54, 1.807) is 12.1 Å². The summed E-state index contributed by atoms with van der Waals surface area (Å²) in [5.41, 5.74) is 0.896. The molecule has 1 fully saturated rings. The second-order valence-corrected chi connectivity index (χ2v) is 5.74. The largest absolute Gasteiger partial charge is 0.493 e. The molecule has 6 heteroatoms. The van der Waals surface area contributed by atoms with Crippen molar-refractivity contribution in [3.05, 3.63) is 23.8 Å². The van der Waals surface area contributed by atoms with E-state index in [1.807, 2.05) is 0 Å². The first-order valence-corrected chi connectivity index (χ1v) is 7.99. The Balaban J connectivity index is 1.84. The molecule has 4 nitrogen and oxygen atoms in total. The number of carbonyl (C=O) groups is 1. The molecule has 0 spiro atoms. The number of ether oxygens (including phenoxy) is 2. The fourth-order valence-electron chi connectivity index (χ4n) is 2.90. The van der Waals surface area contributed by atoms with E-state index < -0.39 is 6.61 Å². The van der Waals surface area contributed by atoms with Crippen LogP contribution in [-0.2, 0) is 11.2 Å². The topological polar surface area (TPSA) is 47.6 Å². The Bertz CT molecular complexity index is 517. The molecule has 0 unspecified atom stereocenters. The van der Waals surface area contributed by atoms with Gasteiger partial charge in [-0.3, -0.25) is 4.79 Å². The third-order valence-electron chi connectivity index (χ3n) is 4.13.